The van der Waals surface area contributed by atoms with Crippen molar-refractivity contribution in [1.82, 2.24) is 5.32 Å². The Labute approximate surface area is 158 Å². The van der Waals surface area contributed by atoms with E-state index in [-0.39, 0.29) is 17.4 Å². The maximum atomic E-state index is 12.0. The fourth-order valence-electron chi connectivity index (χ4n) is 7.76. The lowest BCUT2D eigenvalue weighted by atomic mass is 9.47. The molecule has 0 heterocycles. The molecule has 0 radical (unpaired) electrons. The molecule has 3 nitrogen and oxygen atoms in total. The molecule has 26 heavy (non-hydrogen) atoms. The molecule has 0 aromatic rings. The van der Waals surface area contributed by atoms with E-state index in [1.165, 1.54) is 37.7 Å². The van der Waals surface area contributed by atoms with Gasteiger partial charge in [0.05, 0.1) is 0 Å². The Morgan fingerprint density at radius 2 is 1.96 bits per heavy atom. The van der Waals surface area contributed by atoms with E-state index < -0.39 is 0 Å². The van der Waals surface area contributed by atoms with Crippen LogP contribution in [0.3, 0.4) is 0 Å². The van der Waals surface area contributed by atoms with Crippen LogP contribution in [0, 0.1) is 34.5 Å². The molecule has 4 rings (SSSR count). The third-order valence-electron chi connectivity index (χ3n) is 9.04. The van der Waals surface area contributed by atoms with Crippen LogP contribution in [0.2, 0.25) is 0 Å². The summed E-state index contributed by atoms with van der Waals surface area (Å²) in [4.78, 5) is 23.6. The Balaban J connectivity index is 1.60. The number of carbonyl (C=O) groups excluding carboxylic acids is 2. The van der Waals surface area contributed by atoms with Gasteiger partial charge in [-0.05, 0) is 80.0 Å². The van der Waals surface area contributed by atoms with Gasteiger partial charge in [0.15, 0.2) is 0 Å². The van der Waals surface area contributed by atoms with Crippen molar-refractivity contribution in [2.45, 2.75) is 85.1 Å². The van der Waals surface area contributed by atoms with Crippen molar-refractivity contribution in [3.63, 3.8) is 0 Å². The van der Waals surface area contributed by atoms with E-state index in [1.54, 1.807) is 6.92 Å². The molecule has 0 bridgehead atoms. The predicted octanol–water partition coefficient (Wildman–Crippen LogP) is 4.66. The monoisotopic (exact) mass is 357 g/mol. The van der Waals surface area contributed by atoms with Crippen molar-refractivity contribution >= 4 is 11.7 Å². The maximum absolute atomic E-state index is 12.0. The second kappa shape index (κ2) is 6.21. The Hall–Kier alpha value is -1.12. The summed E-state index contributed by atoms with van der Waals surface area (Å²) in [5.74, 6) is 3.44. The number of carbonyl (C=O) groups is 2. The minimum Gasteiger partial charge on any atom is -0.354 e. The van der Waals surface area contributed by atoms with Gasteiger partial charge in [0.25, 0.3) is 0 Å². The highest BCUT2D eigenvalue weighted by Gasteiger charge is 2.59. The first-order valence-corrected chi connectivity index (χ1v) is 10.7. The molecule has 1 amide bonds. The molecule has 4 aliphatic rings. The summed E-state index contributed by atoms with van der Waals surface area (Å²) >= 11 is 0. The molecule has 144 valence electrons. The zero-order valence-electron chi connectivity index (χ0n) is 16.9. The highest BCUT2D eigenvalue weighted by molar-refractivity contribution is 5.82. The minimum atomic E-state index is 0.0999. The number of ketones is 1. The largest absolute Gasteiger partial charge is 0.354 e. The van der Waals surface area contributed by atoms with Gasteiger partial charge >= 0.3 is 0 Å². The van der Waals surface area contributed by atoms with Crippen LogP contribution in [-0.2, 0) is 9.59 Å². The van der Waals surface area contributed by atoms with E-state index in [2.05, 4.69) is 32.2 Å². The normalized spacial score (nSPS) is 45.8. The third kappa shape index (κ3) is 2.60. The quantitative estimate of drug-likeness (QED) is 0.731. The second-order valence-corrected chi connectivity index (χ2v) is 10.2. The number of amides is 1. The van der Waals surface area contributed by atoms with Crippen molar-refractivity contribution < 1.29 is 9.59 Å². The molecule has 0 aliphatic heterocycles. The van der Waals surface area contributed by atoms with Crippen LogP contribution in [0.25, 0.3) is 0 Å². The van der Waals surface area contributed by atoms with Crippen molar-refractivity contribution in [1.29, 1.82) is 0 Å². The maximum Gasteiger partial charge on any atom is 0.217 e. The highest BCUT2D eigenvalue weighted by atomic mass is 16.1. The molecular formula is C23H35NO2. The van der Waals surface area contributed by atoms with Gasteiger partial charge in [-0.2, -0.15) is 0 Å². The molecule has 3 heteroatoms. The first-order chi connectivity index (χ1) is 12.3. The van der Waals surface area contributed by atoms with E-state index in [9.17, 15) is 9.59 Å². The van der Waals surface area contributed by atoms with Crippen LogP contribution in [0.4, 0.5) is 0 Å². The van der Waals surface area contributed by atoms with Gasteiger partial charge in [-0.25, -0.2) is 0 Å². The number of hydrogen-bond acceptors (Lipinski definition) is 2. The summed E-state index contributed by atoms with van der Waals surface area (Å²) in [5, 5.41) is 3.18. The molecule has 4 aliphatic carbocycles. The molecular weight excluding hydrogens is 322 g/mol. The molecule has 0 spiro atoms. The smallest absolute Gasteiger partial charge is 0.217 e. The topological polar surface area (TPSA) is 46.2 Å². The number of Topliss-reactive ketones (excluding diaryl/α,β-unsaturated/α-hetero) is 1. The Morgan fingerprint density at radius 1 is 1.19 bits per heavy atom. The number of rotatable bonds is 2. The van der Waals surface area contributed by atoms with Gasteiger partial charge in [-0.15, -0.1) is 0 Å². The van der Waals surface area contributed by atoms with Gasteiger partial charge in [0.2, 0.25) is 5.91 Å². The van der Waals surface area contributed by atoms with E-state index in [1.807, 2.05) is 0 Å². The Kier molecular flexibility index (Phi) is 4.36. The summed E-state index contributed by atoms with van der Waals surface area (Å²) in [7, 11) is 0. The van der Waals surface area contributed by atoms with Crippen LogP contribution < -0.4 is 5.32 Å². The lowest BCUT2D eigenvalue weighted by Gasteiger charge is -2.57. The summed E-state index contributed by atoms with van der Waals surface area (Å²) in [6.07, 6.45) is 11.3. The number of hydrogen-bond donors (Lipinski definition) is 1. The van der Waals surface area contributed by atoms with Gasteiger partial charge in [0.1, 0.15) is 5.78 Å². The van der Waals surface area contributed by atoms with Crippen LogP contribution >= 0.6 is 0 Å². The summed E-state index contributed by atoms with van der Waals surface area (Å²) in [6, 6.07) is 0.275. The lowest BCUT2D eigenvalue weighted by Crippen LogP contribution is -2.52. The zero-order valence-corrected chi connectivity index (χ0v) is 16.9. The number of allylic oxidation sites excluding steroid dienone is 2. The molecule has 5 unspecified atom stereocenters. The highest BCUT2D eigenvalue weighted by Crippen LogP contribution is 2.66. The molecule has 0 aromatic carbocycles. The summed E-state index contributed by atoms with van der Waals surface area (Å²) in [6.45, 7) is 8.81. The summed E-state index contributed by atoms with van der Waals surface area (Å²) in [5.41, 5.74) is 2.08. The Bertz CT molecular complexity index is 653. The van der Waals surface area contributed by atoms with Crippen LogP contribution in [0.1, 0.15) is 79.1 Å². The molecule has 3 fully saturated rings. The SMILES string of the molecule is CC(=O)NC(C)C1CCC2C3CC=C4CC(=O)CC[C@]4(C)C3CC[C@]12C. The van der Waals surface area contributed by atoms with Crippen molar-refractivity contribution in [2.75, 3.05) is 0 Å². The summed E-state index contributed by atoms with van der Waals surface area (Å²) < 4.78 is 0. The van der Waals surface area contributed by atoms with Crippen LogP contribution in [0.15, 0.2) is 11.6 Å². The van der Waals surface area contributed by atoms with Gasteiger partial charge < -0.3 is 5.32 Å². The van der Waals surface area contributed by atoms with E-state index >= 15 is 0 Å². The van der Waals surface area contributed by atoms with Crippen LogP contribution in [-0.4, -0.2) is 17.7 Å². The first-order valence-electron chi connectivity index (χ1n) is 10.7. The van der Waals surface area contributed by atoms with Crippen molar-refractivity contribution in [3.05, 3.63) is 11.6 Å². The van der Waals surface area contributed by atoms with Gasteiger partial charge in [-0.1, -0.05) is 25.5 Å². The van der Waals surface area contributed by atoms with E-state index in [4.69, 9.17) is 0 Å². The van der Waals surface area contributed by atoms with Crippen molar-refractivity contribution in [3.8, 4) is 0 Å². The van der Waals surface area contributed by atoms with Crippen LogP contribution in [0.5, 0.6) is 0 Å². The molecule has 1 N–H and O–H groups in total. The van der Waals surface area contributed by atoms with E-state index in [0.717, 1.165) is 30.6 Å². The predicted molar refractivity (Wildman–Crippen MR) is 103 cm³/mol. The number of nitrogens with one attached hydrogen (secondary N) is 1. The van der Waals surface area contributed by atoms with Gasteiger partial charge in [0, 0.05) is 25.8 Å². The van der Waals surface area contributed by atoms with E-state index in [0.29, 0.717) is 23.5 Å². The molecule has 7 atom stereocenters. The third-order valence-corrected chi connectivity index (χ3v) is 9.04. The molecule has 0 aromatic heterocycles. The molecule has 3 saturated carbocycles. The zero-order chi connectivity index (χ0) is 18.7. The standard InChI is InChI=1S/C23H35NO2/c1-14(24-15(2)25)19-7-8-20-18-6-5-16-13-17(26)9-11-22(16,3)21(18)10-12-23(19,20)4/h5,14,18-21H,6-13H2,1-4H3,(H,24,25)/t14?,18?,19?,20?,21?,22-,23+/m0/s1. The Morgan fingerprint density at radius 3 is 2.69 bits per heavy atom. The average molecular weight is 358 g/mol. The number of fused-ring (bicyclic) bond motifs is 5. The first kappa shape index (κ1) is 18.3. The average Bonchev–Trinajstić information content (AvgIpc) is 2.92. The fraction of sp³-hybridized carbons (Fsp3) is 0.826. The van der Waals surface area contributed by atoms with Gasteiger partial charge in [-0.3, -0.25) is 9.59 Å². The second-order valence-electron chi connectivity index (χ2n) is 10.2. The van der Waals surface area contributed by atoms with Crippen molar-refractivity contribution in [2.24, 2.45) is 34.5 Å². The fourth-order valence-corrected chi connectivity index (χ4v) is 7.76. The minimum absolute atomic E-state index is 0.0999. The lowest BCUT2D eigenvalue weighted by molar-refractivity contribution is -0.123. The molecule has 0 saturated heterocycles.